The summed E-state index contributed by atoms with van der Waals surface area (Å²) in [5, 5.41) is 0. The summed E-state index contributed by atoms with van der Waals surface area (Å²) in [5.74, 6) is 0.711. The Bertz CT molecular complexity index is 2090. The highest BCUT2D eigenvalue weighted by Crippen LogP contribution is 2.50. The summed E-state index contributed by atoms with van der Waals surface area (Å²) >= 11 is 0. The van der Waals surface area contributed by atoms with Gasteiger partial charge in [-0.3, -0.25) is 0 Å². The Kier molecular flexibility index (Phi) is 11.7. The zero-order valence-electron chi connectivity index (χ0n) is 28.9. The van der Waals surface area contributed by atoms with Crippen LogP contribution in [-0.4, -0.2) is 17.1 Å². The van der Waals surface area contributed by atoms with Gasteiger partial charge in [-0.1, -0.05) is 98.8 Å². The van der Waals surface area contributed by atoms with Crippen LogP contribution in [0.25, 0.3) is 22.8 Å². The van der Waals surface area contributed by atoms with Crippen molar-refractivity contribution in [2.24, 2.45) is 0 Å². The van der Waals surface area contributed by atoms with E-state index in [0.717, 1.165) is 34.8 Å². The van der Waals surface area contributed by atoms with Crippen LogP contribution in [0.15, 0.2) is 145 Å². The van der Waals surface area contributed by atoms with Crippen LogP contribution in [0.5, 0.6) is 0 Å². The van der Waals surface area contributed by atoms with Crippen molar-refractivity contribution in [3.8, 4) is 5.69 Å². The van der Waals surface area contributed by atoms with Gasteiger partial charge in [0.1, 0.15) is 5.69 Å². The molecule has 51 heavy (non-hydrogen) atoms. The number of fused-ring (bicyclic) bond motifs is 2. The van der Waals surface area contributed by atoms with Gasteiger partial charge in [0, 0.05) is 34.6 Å². The molecular weight excluding hydrogens is 666 g/mol. The van der Waals surface area contributed by atoms with E-state index in [-0.39, 0.29) is 11.4 Å². The van der Waals surface area contributed by atoms with Gasteiger partial charge in [-0.25, -0.2) is 28.0 Å². The van der Waals surface area contributed by atoms with Gasteiger partial charge in [0.25, 0.3) is 5.82 Å². The second kappa shape index (κ2) is 16.2. The monoisotopic (exact) mass is 705 g/mol. The number of aromatic nitrogens is 2. The highest BCUT2D eigenvalue weighted by Gasteiger charge is 2.40. The van der Waals surface area contributed by atoms with Gasteiger partial charge in [-0.05, 0) is 68.0 Å². The minimum absolute atomic E-state index is 0.133. The van der Waals surface area contributed by atoms with Crippen LogP contribution in [0, 0.1) is 10.2 Å². The van der Waals surface area contributed by atoms with Gasteiger partial charge in [-0.15, -0.1) is 10.2 Å². The molecular formula is C41H40ClN3O6. The molecule has 0 fully saturated rings. The number of aryl methyl sites for hydroxylation is 1. The van der Waals surface area contributed by atoms with Crippen molar-refractivity contribution in [1.29, 1.82) is 0 Å². The van der Waals surface area contributed by atoms with Crippen LogP contribution in [0.4, 0.5) is 11.4 Å². The first kappa shape index (κ1) is 37.0. The third-order valence-corrected chi connectivity index (χ3v) is 8.51. The van der Waals surface area contributed by atoms with Gasteiger partial charge >= 0.3 is 5.97 Å². The fourth-order valence-electron chi connectivity index (χ4n) is 6.35. The summed E-state index contributed by atoms with van der Waals surface area (Å²) in [7, 11) is -4.94. The molecule has 0 amide bonds. The second-order valence-corrected chi connectivity index (χ2v) is 12.8. The normalized spacial score (nSPS) is 14.8. The predicted molar refractivity (Wildman–Crippen MR) is 189 cm³/mol. The molecule has 0 spiro atoms. The minimum Gasteiger partial charge on any atom is -0.462 e. The highest BCUT2D eigenvalue weighted by molar-refractivity contribution is 5.93. The summed E-state index contributed by atoms with van der Waals surface area (Å²) in [6.07, 6.45) is 14.7. The number of esters is 1. The number of halogens is 1. The van der Waals surface area contributed by atoms with Crippen molar-refractivity contribution in [2.45, 2.75) is 39.7 Å². The third-order valence-electron chi connectivity index (χ3n) is 8.51. The largest absolute Gasteiger partial charge is 0.462 e. The maximum absolute atomic E-state index is 12.5. The van der Waals surface area contributed by atoms with Crippen molar-refractivity contribution >= 4 is 34.5 Å². The molecule has 0 atom stereocenters. The summed E-state index contributed by atoms with van der Waals surface area (Å²) in [6, 6.07) is 35.3. The Hall–Kier alpha value is -5.29. The number of allylic oxidation sites excluding steroid dienone is 7. The Labute approximate surface area is 300 Å². The van der Waals surface area contributed by atoms with Crippen LogP contribution >= 0.6 is 0 Å². The number of carbonyl (C=O) groups excluding carboxylic acids is 1. The standard InChI is InChI=1S/C41H40N3O2.ClHO4/c1-5-42-37-30-31(40(45)46-6-2)28-29-36(37)44(33-22-14-11-15-23-33)39(42)27-17-9-7-8-16-26-38-41(3,4)34-24-18-19-25-35(34)43(38)32-20-12-10-13-21-32;2-1(3,4)5/h7-30H,5-6H2,1-4H3;(H,2,3,4,5)/q+1;/p-1. The van der Waals surface area contributed by atoms with Crippen molar-refractivity contribution in [1.82, 2.24) is 4.57 Å². The fraction of sp³-hybridized carbons (Fsp3) is 0.171. The number of hydrogen-bond donors (Lipinski definition) is 0. The van der Waals surface area contributed by atoms with Crippen molar-refractivity contribution in [2.75, 3.05) is 11.5 Å². The number of ether oxygens (including phenoxy) is 1. The Morgan fingerprint density at radius 1 is 0.784 bits per heavy atom. The zero-order valence-corrected chi connectivity index (χ0v) is 29.7. The predicted octanol–water partition coefficient (Wildman–Crippen LogP) is 4.50. The number of nitrogens with zero attached hydrogens (tertiary/aromatic N) is 3. The first-order valence-corrected chi connectivity index (χ1v) is 17.8. The molecule has 0 bridgehead atoms. The molecule has 9 nitrogen and oxygen atoms in total. The van der Waals surface area contributed by atoms with Crippen LogP contribution in [0.3, 0.4) is 0 Å². The van der Waals surface area contributed by atoms with Crippen molar-refractivity contribution < 1.29 is 43.0 Å². The van der Waals surface area contributed by atoms with E-state index in [9.17, 15) is 4.79 Å². The van der Waals surface area contributed by atoms with E-state index in [4.69, 9.17) is 23.4 Å². The Morgan fingerprint density at radius 3 is 2.02 bits per heavy atom. The van der Waals surface area contributed by atoms with Crippen LogP contribution in [0.1, 0.15) is 49.4 Å². The smallest absolute Gasteiger partial charge is 0.338 e. The number of imidazole rings is 1. The lowest BCUT2D eigenvalue weighted by molar-refractivity contribution is -2.00. The molecule has 1 aromatic heterocycles. The average molecular weight is 706 g/mol. The van der Waals surface area contributed by atoms with Gasteiger partial charge in [-0.2, -0.15) is 4.57 Å². The van der Waals surface area contributed by atoms with E-state index in [2.05, 4.69) is 144 Å². The summed E-state index contributed by atoms with van der Waals surface area (Å²) in [6.45, 7) is 9.62. The number of anilines is 2. The fourth-order valence-corrected chi connectivity index (χ4v) is 6.35. The molecule has 0 saturated heterocycles. The van der Waals surface area contributed by atoms with Crippen molar-refractivity contribution in [3.05, 3.63) is 162 Å². The maximum atomic E-state index is 12.5. The van der Waals surface area contributed by atoms with E-state index in [1.165, 1.54) is 16.9 Å². The molecule has 0 N–H and O–H groups in total. The molecule has 6 rings (SSSR count). The molecule has 2 heterocycles. The van der Waals surface area contributed by atoms with Crippen LogP contribution in [-0.2, 0) is 16.7 Å². The first-order chi connectivity index (χ1) is 24.5. The van der Waals surface area contributed by atoms with Gasteiger partial charge in [0.2, 0.25) is 0 Å². The topological polar surface area (TPSA) is 131 Å². The molecule has 10 heteroatoms. The number of para-hydroxylation sites is 3. The number of benzene rings is 4. The molecule has 0 saturated carbocycles. The molecule has 5 aromatic rings. The van der Waals surface area contributed by atoms with E-state index >= 15 is 0 Å². The molecule has 0 radical (unpaired) electrons. The Morgan fingerprint density at radius 2 is 1.37 bits per heavy atom. The lowest BCUT2D eigenvalue weighted by atomic mass is 9.84. The van der Waals surface area contributed by atoms with E-state index in [0.29, 0.717) is 12.2 Å². The number of carbonyl (C=O) groups is 1. The van der Waals surface area contributed by atoms with Crippen LogP contribution in [0.2, 0.25) is 0 Å². The van der Waals surface area contributed by atoms with Gasteiger partial charge in [0.15, 0.2) is 11.0 Å². The minimum atomic E-state index is -4.94. The van der Waals surface area contributed by atoms with Crippen LogP contribution < -0.4 is 28.1 Å². The summed E-state index contributed by atoms with van der Waals surface area (Å²) in [5.41, 5.74) is 8.43. The second-order valence-electron chi connectivity index (χ2n) is 12.1. The maximum Gasteiger partial charge on any atom is 0.338 e. The highest BCUT2D eigenvalue weighted by atomic mass is 35.7. The SMILES string of the molecule is CCOC(=O)c1ccc2c(c1)[n+](CC)c(/C=C/C=C/C=C/C=C1/N(c3ccccc3)c3ccccc3C1(C)C)n2-c1ccccc1.[O-][Cl+3]([O-])([O-])[O-]. The van der Waals surface area contributed by atoms with Gasteiger partial charge in [0.05, 0.1) is 18.7 Å². The Balaban J connectivity index is 0.000000943. The summed E-state index contributed by atoms with van der Waals surface area (Å²) in [4.78, 5) is 14.9. The molecule has 4 aromatic carbocycles. The lowest BCUT2D eigenvalue weighted by Gasteiger charge is -2.27. The molecule has 0 unspecified atom stereocenters. The van der Waals surface area contributed by atoms with E-state index in [1.54, 1.807) is 0 Å². The molecule has 1 aliphatic heterocycles. The first-order valence-electron chi connectivity index (χ1n) is 16.5. The lowest BCUT2D eigenvalue weighted by Crippen LogP contribution is -2.68. The third kappa shape index (κ3) is 8.54. The average Bonchev–Trinajstić information content (AvgIpc) is 3.55. The number of rotatable bonds is 9. The molecule has 1 aliphatic rings. The zero-order chi connectivity index (χ0) is 36.6. The van der Waals surface area contributed by atoms with E-state index < -0.39 is 10.2 Å². The van der Waals surface area contributed by atoms with E-state index in [1.807, 2.05) is 43.3 Å². The quantitative estimate of drug-likeness (QED) is 0.125. The summed E-state index contributed by atoms with van der Waals surface area (Å²) < 4.78 is 43.7. The van der Waals surface area contributed by atoms with Gasteiger partial charge < -0.3 is 9.64 Å². The van der Waals surface area contributed by atoms with Crippen molar-refractivity contribution in [3.63, 3.8) is 0 Å². The number of hydrogen-bond acceptors (Lipinski definition) is 7. The molecule has 262 valence electrons. The molecule has 0 aliphatic carbocycles.